The van der Waals surface area contributed by atoms with E-state index < -0.39 is 0 Å². The van der Waals surface area contributed by atoms with Gasteiger partial charge in [0.1, 0.15) is 5.75 Å². The van der Waals surface area contributed by atoms with Gasteiger partial charge in [0.2, 0.25) is 0 Å². The van der Waals surface area contributed by atoms with Gasteiger partial charge in [-0.3, -0.25) is 4.99 Å². The average Bonchev–Trinajstić information content (AvgIpc) is 3.52. The van der Waals surface area contributed by atoms with E-state index in [4.69, 9.17) is 9.47 Å². The van der Waals surface area contributed by atoms with E-state index in [9.17, 15) is 0 Å². The minimum Gasteiger partial charge on any atom is -0.493 e. The third kappa shape index (κ3) is 5.59. The van der Waals surface area contributed by atoms with E-state index in [1.165, 1.54) is 12.8 Å². The topological polar surface area (TPSA) is 58.1 Å². The molecule has 0 spiro atoms. The largest absolute Gasteiger partial charge is 0.493 e. The molecule has 0 unspecified atom stereocenters. The lowest BCUT2D eigenvalue weighted by atomic mass is 9.88. The van der Waals surface area contributed by atoms with Crippen molar-refractivity contribution in [2.45, 2.75) is 37.8 Å². The third-order valence-electron chi connectivity index (χ3n) is 5.77. The number of nitrogens with one attached hydrogen (secondary N) is 2. The van der Waals surface area contributed by atoms with Crippen molar-refractivity contribution in [2.24, 2.45) is 10.9 Å². The van der Waals surface area contributed by atoms with Crippen molar-refractivity contribution in [1.29, 1.82) is 0 Å². The molecule has 0 amide bonds. The Morgan fingerprint density at radius 1 is 1.22 bits per heavy atom. The second-order valence-electron chi connectivity index (χ2n) is 7.87. The maximum atomic E-state index is 6.01. The minimum atomic E-state index is 0.112. The normalized spacial score (nSPS) is 19.8. The monoisotopic (exact) mass is 374 g/mol. The molecule has 0 bridgehead atoms. The number of likely N-dealkylation sites (N-methyl/N-ethyl adjacent to an activating group) is 1. The van der Waals surface area contributed by atoms with Crippen molar-refractivity contribution in [3.05, 3.63) is 29.8 Å². The van der Waals surface area contributed by atoms with Crippen molar-refractivity contribution in [3.63, 3.8) is 0 Å². The Morgan fingerprint density at radius 3 is 2.63 bits per heavy atom. The van der Waals surface area contributed by atoms with E-state index >= 15 is 0 Å². The zero-order valence-electron chi connectivity index (χ0n) is 17.0. The van der Waals surface area contributed by atoms with Gasteiger partial charge < -0.3 is 25.0 Å². The summed E-state index contributed by atoms with van der Waals surface area (Å²) < 4.78 is 11.6. The lowest BCUT2D eigenvalue weighted by Gasteiger charge is -2.43. The van der Waals surface area contributed by atoms with E-state index in [2.05, 4.69) is 52.8 Å². The van der Waals surface area contributed by atoms with Crippen LogP contribution in [0.15, 0.2) is 29.3 Å². The fraction of sp³-hybridized carbons (Fsp3) is 0.667. The summed E-state index contributed by atoms with van der Waals surface area (Å²) in [5.41, 5.74) is 1.27. The Balaban J connectivity index is 1.53. The molecule has 1 heterocycles. The molecule has 0 aromatic heterocycles. The second kappa shape index (κ2) is 9.42. The van der Waals surface area contributed by atoms with Crippen LogP contribution in [0.2, 0.25) is 0 Å². The third-order valence-corrected chi connectivity index (χ3v) is 5.77. The Labute approximate surface area is 163 Å². The lowest BCUT2D eigenvalue weighted by Crippen LogP contribution is -2.57. The highest BCUT2D eigenvalue weighted by molar-refractivity contribution is 5.79. The van der Waals surface area contributed by atoms with Gasteiger partial charge in [0.05, 0.1) is 6.61 Å². The zero-order valence-corrected chi connectivity index (χ0v) is 17.0. The first-order valence-electron chi connectivity index (χ1n) is 10.0. The van der Waals surface area contributed by atoms with Crippen LogP contribution in [0.4, 0.5) is 0 Å². The quantitative estimate of drug-likeness (QED) is 0.540. The lowest BCUT2D eigenvalue weighted by molar-refractivity contribution is -0.00501. The highest BCUT2D eigenvalue weighted by atomic mass is 16.5. The molecule has 1 saturated carbocycles. The van der Waals surface area contributed by atoms with Crippen molar-refractivity contribution in [1.82, 2.24) is 15.5 Å². The van der Waals surface area contributed by atoms with Crippen LogP contribution in [0.5, 0.6) is 5.75 Å². The summed E-state index contributed by atoms with van der Waals surface area (Å²) in [5, 5.41) is 6.95. The van der Waals surface area contributed by atoms with Gasteiger partial charge in [-0.15, -0.1) is 0 Å². The predicted octanol–water partition coefficient (Wildman–Crippen LogP) is 2.25. The molecule has 1 aliphatic heterocycles. The molecule has 27 heavy (non-hydrogen) atoms. The van der Waals surface area contributed by atoms with Gasteiger partial charge in [-0.1, -0.05) is 18.2 Å². The van der Waals surface area contributed by atoms with E-state index in [1.807, 2.05) is 13.1 Å². The molecule has 6 nitrogen and oxygen atoms in total. The first-order chi connectivity index (χ1) is 13.1. The van der Waals surface area contributed by atoms with Crippen molar-refractivity contribution in [3.8, 4) is 5.75 Å². The molecule has 6 heteroatoms. The van der Waals surface area contributed by atoms with Gasteiger partial charge in [-0.2, -0.15) is 0 Å². The Bertz CT molecular complexity index is 622. The number of para-hydroxylation sites is 1. The van der Waals surface area contributed by atoms with E-state index in [0.717, 1.165) is 62.4 Å². The summed E-state index contributed by atoms with van der Waals surface area (Å²) in [7, 11) is 6.12. The number of ether oxygens (including phenoxy) is 2. The molecule has 3 rings (SSSR count). The Kier molecular flexibility index (Phi) is 6.96. The molecular formula is C21H34N4O2. The molecule has 2 fully saturated rings. The molecule has 1 aromatic rings. The highest BCUT2D eigenvalue weighted by Crippen LogP contribution is 2.30. The van der Waals surface area contributed by atoms with Gasteiger partial charge in [-0.25, -0.2) is 0 Å². The molecule has 2 aliphatic rings. The Hall–Kier alpha value is -1.79. The van der Waals surface area contributed by atoms with Gasteiger partial charge in [0.15, 0.2) is 5.96 Å². The summed E-state index contributed by atoms with van der Waals surface area (Å²) in [4.78, 5) is 6.71. The maximum absolute atomic E-state index is 6.01. The van der Waals surface area contributed by atoms with Crippen LogP contribution >= 0.6 is 0 Å². The summed E-state index contributed by atoms with van der Waals surface area (Å²) in [6.45, 7) is 4.01. The second-order valence-corrected chi connectivity index (χ2v) is 7.87. The molecule has 1 aliphatic carbocycles. The van der Waals surface area contributed by atoms with E-state index in [-0.39, 0.29) is 5.54 Å². The fourth-order valence-corrected chi connectivity index (χ4v) is 3.46. The first kappa shape index (κ1) is 20.0. The summed E-state index contributed by atoms with van der Waals surface area (Å²) in [6.07, 6.45) is 4.66. The molecule has 2 N–H and O–H groups in total. The molecule has 0 atom stereocenters. The molecule has 1 saturated heterocycles. The molecule has 1 aromatic carbocycles. The SMILES string of the molecule is CN=C(NCc1ccccc1OCC1CC1)NCC1(N(C)C)CCOCC1. The number of guanidine groups is 1. The van der Waals surface area contributed by atoms with Gasteiger partial charge in [-0.05, 0) is 51.8 Å². The number of benzene rings is 1. The van der Waals surface area contributed by atoms with Crippen LogP contribution < -0.4 is 15.4 Å². The van der Waals surface area contributed by atoms with E-state index in [0.29, 0.717) is 6.54 Å². The number of hydrogen-bond acceptors (Lipinski definition) is 4. The van der Waals surface area contributed by atoms with E-state index in [1.54, 1.807) is 0 Å². The summed E-state index contributed by atoms with van der Waals surface area (Å²) in [6, 6.07) is 8.26. The van der Waals surface area contributed by atoms with Crippen LogP contribution in [0, 0.1) is 5.92 Å². The minimum absolute atomic E-state index is 0.112. The van der Waals surface area contributed by atoms with Crippen molar-refractivity contribution >= 4 is 5.96 Å². The van der Waals surface area contributed by atoms with Crippen LogP contribution in [0.3, 0.4) is 0 Å². The smallest absolute Gasteiger partial charge is 0.191 e. The van der Waals surface area contributed by atoms with Crippen LogP contribution in [0.1, 0.15) is 31.2 Å². The number of hydrogen-bond donors (Lipinski definition) is 2. The summed E-state index contributed by atoms with van der Waals surface area (Å²) in [5.74, 6) is 2.54. The number of rotatable bonds is 8. The van der Waals surface area contributed by atoms with Gasteiger partial charge in [0, 0.05) is 44.5 Å². The maximum Gasteiger partial charge on any atom is 0.191 e. The molecule has 0 radical (unpaired) electrons. The number of aliphatic imine (C=N–C) groups is 1. The van der Waals surface area contributed by atoms with Crippen molar-refractivity contribution in [2.75, 3.05) is 47.5 Å². The van der Waals surface area contributed by atoms with Crippen LogP contribution in [-0.4, -0.2) is 63.9 Å². The highest BCUT2D eigenvalue weighted by Gasteiger charge is 2.34. The van der Waals surface area contributed by atoms with Gasteiger partial charge in [0.25, 0.3) is 0 Å². The molecular weight excluding hydrogens is 340 g/mol. The fourth-order valence-electron chi connectivity index (χ4n) is 3.46. The van der Waals surface area contributed by atoms with Crippen LogP contribution in [0.25, 0.3) is 0 Å². The standard InChI is InChI=1S/C21H34N4O2/c1-22-20(24-16-21(25(2)3)10-12-26-13-11-21)23-14-18-6-4-5-7-19(18)27-15-17-8-9-17/h4-7,17H,8-16H2,1-3H3,(H2,22,23,24). The summed E-state index contributed by atoms with van der Waals surface area (Å²) >= 11 is 0. The van der Waals surface area contributed by atoms with Crippen LogP contribution in [-0.2, 0) is 11.3 Å². The molecule has 150 valence electrons. The van der Waals surface area contributed by atoms with Crippen molar-refractivity contribution < 1.29 is 9.47 Å². The zero-order chi connectivity index (χ0) is 19.1. The Morgan fingerprint density at radius 2 is 1.96 bits per heavy atom. The first-order valence-corrected chi connectivity index (χ1v) is 10.0. The predicted molar refractivity (Wildman–Crippen MR) is 109 cm³/mol. The number of nitrogens with zero attached hydrogens (tertiary/aromatic N) is 2. The van der Waals surface area contributed by atoms with Gasteiger partial charge >= 0.3 is 0 Å². The average molecular weight is 375 g/mol.